The quantitative estimate of drug-likeness (QED) is 0.921. The van der Waals surface area contributed by atoms with Crippen molar-refractivity contribution in [3.05, 3.63) is 47.1 Å². The Hall–Kier alpha value is -1.53. The van der Waals surface area contributed by atoms with E-state index in [0.29, 0.717) is 17.4 Å². The first-order valence-corrected chi connectivity index (χ1v) is 7.80. The first-order chi connectivity index (χ1) is 8.98. The van der Waals surface area contributed by atoms with Gasteiger partial charge in [-0.3, -0.25) is 9.40 Å². The number of nitrogens with zero attached hydrogens (tertiary/aromatic N) is 2. The van der Waals surface area contributed by atoms with E-state index >= 15 is 0 Å². The summed E-state index contributed by atoms with van der Waals surface area (Å²) in [6, 6.07) is 9.07. The minimum Gasteiger partial charge on any atom is -0.266 e. The van der Waals surface area contributed by atoms with Crippen molar-refractivity contribution in [1.29, 1.82) is 0 Å². The Balaban J connectivity index is 2.10. The molecule has 7 heteroatoms. The third-order valence-corrected chi connectivity index (χ3v) is 4.03. The van der Waals surface area contributed by atoms with Crippen molar-refractivity contribution in [2.45, 2.75) is 13.5 Å². The maximum absolute atomic E-state index is 11.4. The number of anilines is 1. The maximum Gasteiger partial charge on any atom is 0.233 e. The molecule has 0 amide bonds. The highest BCUT2D eigenvalue weighted by atomic mass is 35.5. The van der Waals surface area contributed by atoms with Gasteiger partial charge in [-0.15, -0.1) is 0 Å². The predicted octanol–water partition coefficient (Wildman–Crippen LogP) is 2.35. The van der Waals surface area contributed by atoms with E-state index in [0.717, 1.165) is 5.56 Å². The zero-order chi connectivity index (χ0) is 13.9. The summed E-state index contributed by atoms with van der Waals surface area (Å²) in [4.78, 5) is 0. The standard InChI is InChI=1S/C12H14ClN3O2S/c1-2-19(17,18)15-12-6-7-16(14-12)9-10-4-3-5-11(13)8-10/h3-8H,2,9H2,1H3,(H,14,15). The van der Waals surface area contributed by atoms with Crippen molar-refractivity contribution in [1.82, 2.24) is 9.78 Å². The molecule has 0 unspecified atom stereocenters. The molecule has 0 radical (unpaired) electrons. The molecule has 0 aliphatic rings. The normalized spacial score (nSPS) is 11.5. The molecule has 5 nitrogen and oxygen atoms in total. The number of aromatic nitrogens is 2. The van der Waals surface area contributed by atoms with Crippen molar-refractivity contribution >= 4 is 27.4 Å². The largest absolute Gasteiger partial charge is 0.266 e. The first kappa shape index (κ1) is 13.9. The second-order valence-electron chi connectivity index (χ2n) is 4.03. The van der Waals surface area contributed by atoms with Crippen LogP contribution in [0.4, 0.5) is 5.82 Å². The molecule has 1 aromatic carbocycles. The number of rotatable bonds is 5. The van der Waals surface area contributed by atoms with Crippen molar-refractivity contribution < 1.29 is 8.42 Å². The van der Waals surface area contributed by atoms with E-state index in [2.05, 4.69) is 9.82 Å². The number of hydrogen-bond donors (Lipinski definition) is 1. The van der Waals surface area contributed by atoms with Crippen molar-refractivity contribution in [3.63, 3.8) is 0 Å². The second-order valence-corrected chi connectivity index (χ2v) is 6.48. The molecule has 1 aromatic heterocycles. The highest BCUT2D eigenvalue weighted by Gasteiger charge is 2.08. The second kappa shape index (κ2) is 5.63. The van der Waals surface area contributed by atoms with Crippen LogP contribution in [0.1, 0.15) is 12.5 Å². The molecule has 0 aliphatic heterocycles. The van der Waals surface area contributed by atoms with E-state index in [9.17, 15) is 8.42 Å². The zero-order valence-electron chi connectivity index (χ0n) is 10.4. The molecule has 0 saturated heterocycles. The van der Waals surface area contributed by atoms with Crippen LogP contribution in [0.25, 0.3) is 0 Å². The van der Waals surface area contributed by atoms with Crippen LogP contribution in [0, 0.1) is 0 Å². The third-order valence-electron chi connectivity index (χ3n) is 2.51. The molecule has 0 fully saturated rings. The smallest absolute Gasteiger partial charge is 0.233 e. The summed E-state index contributed by atoms with van der Waals surface area (Å²) in [6.45, 7) is 2.11. The predicted molar refractivity (Wildman–Crippen MR) is 75.9 cm³/mol. The van der Waals surface area contributed by atoms with E-state index in [1.165, 1.54) is 0 Å². The van der Waals surface area contributed by atoms with Gasteiger partial charge in [-0.05, 0) is 24.6 Å². The van der Waals surface area contributed by atoms with Crippen LogP contribution >= 0.6 is 11.6 Å². The van der Waals surface area contributed by atoms with E-state index < -0.39 is 10.0 Å². The van der Waals surface area contributed by atoms with E-state index in [-0.39, 0.29) is 5.75 Å². The SMILES string of the molecule is CCS(=O)(=O)Nc1ccn(Cc2cccc(Cl)c2)n1. The molecule has 19 heavy (non-hydrogen) atoms. The van der Waals surface area contributed by atoms with Gasteiger partial charge in [-0.25, -0.2) is 8.42 Å². The maximum atomic E-state index is 11.4. The topological polar surface area (TPSA) is 64.0 Å². The molecular weight excluding hydrogens is 286 g/mol. The van der Waals surface area contributed by atoms with Crippen LogP contribution in [0.2, 0.25) is 5.02 Å². The first-order valence-electron chi connectivity index (χ1n) is 5.77. The Kier molecular flexibility index (Phi) is 4.11. The Morgan fingerprint density at radius 3 is 2.84 bits per heavy atom. The number of sulfonamides is 1. The lowest BCUT2D eigenvalue weighted by atomic mass is 10.2. The van der Waals surface area contributed by atoms with Gasteiger partial charge < -0.3 is 0 Å². The van der Waals surface area contributed by atoms with Crippen LogP contribution in [-0.4, -0.2) is 24.0 Å². The molecule has 0 atom stereocenters. The van der Waals surface area contributed by atoms with Crippen LogP contribution in [0.15, 0.2) is 36.5 Å². The highest BCUT2D eigenvalue weighted by molar-refractivity contribution is 7.92. The highest BCUT2D eigenvalue weighted by Crippen LogP contribution is 2.13. The molecule has 0 bridgehead atoms. The Morgan fingerprint density at radius 2 is 2.16 bits per heavy atom. The van der Waals surface area contributed by atoms with Crippen molar-refractivity contribution in [3.8, 4) is 0 Å². The van der Waals surface area contributed by atoms with Gasteiger partial charge >= 0.3 is 0 Å². The van der Waals surface area contributed by atoms with E-state index in [4.69, 9.17) is 11.6 Å². The number of hydrogen-bond acceptors (Lipinski definition) is 3. The summed E-state index contributed by atoms with van der Waals surface area (Å²) in [5.41, 5.74) is 1.00. The van der Waals surface area contributed by atoms with Gasteiger partial charge in [0, 0.05) is 17.3 Å². The van der Waals surface area contributed by atoms with Crippen LogP contribution in [0.3, 0.4) is 0 Å². The molecule has 102 valence electrons. The van der Waals surface area contributed by atoms with Crippen LogP contribution in [0.5, 0.6) is 0 Å². The Bertz CT molecular complexity index is 667. The number of benzene rings is 1. The summed E-state index contributed by atoms with van der Waals surface area (Å²) in [6.07, 6.45) is 1.72. The lowest BCUT2D eigenvalue weighted by Crippen LogP contribution is -2.15. The summed E-state index contributed by atoms with van der Waals surface area (Å²) in [7, 11) is -3.29. The molecule has 2 aromatic rings. The summed E-state index contributed by atoms with van der Waals surface area (Å²) < 4.78 is 26.9. The molecule has 0 spiro atoms. The van der Waals surface area contributed by atoms with Crippen molar-refractivity contribution in [2.24, 2.45) is 0 Å². The number of nitrogens with one attached hydrogen (secondary N) is 1. The fourth-order valence-electron chi connectivity index (χ4n) is 1.56. The molecule has 1 N–H and O–H groups in total. The lowest BCUT2D eigenvalue weighted by Gasteiger charge is -2.03. The summed E-state index contributed by atoms with van der Waals surface area (Å²) >= 11 is 5.90. The van der Waals surface area contributed by atoms with E-state index in [1.807, 2.05) is 18.2 Å². The van der Waals surface area contributed by atoms with Crippen LogP contribution in [-0.2, 0) is 16.6 Å². The zero-order valence-corrected chi connectivity index (χ0v) is 11.9. The van der Waals surface area contributed by atoms with E-state index in [1.54, 1.807) is 29.9 Å². The molecular formula is C12H14ClN3O2S. The number of halogens is 1. The Morgan fingerprint density at radius 1 is 1.37 bits per heavy atom. The summed E-state index contributed by atoms with van der Waals surface area (Å²) in [5, 5.41) is 4.82. The Labute approximate surface area is 117 Å². The lowest BCUT2D eigenvalue weighted by molar-refractivity contribution is 0.602. The van der Waals surface area contributed by atoms with Crippen LogP contribution < -0.4 is 4.72 Å². The summed E-state index contributed by atoms with van der Waals surface area (Å²) in [5.74, 6) is 0.345. The minimum absolute atomic E-state index is 0.0220. The van der Waals surface area contributed by atoms with Gasteiger partial charge in [-0.1, -0.05) is 23.7 Å². The minimum atomic E-state index is -3.29. The van der Waals surface area contributed by atoms with Gasteiger partial charge in [0.05, 0.1) is 12.3 Å². The van der Waals surface area contributed by atoms with Crippen molar-refractivity contribution in [2.75, 3.05) is 10.5 Å². The average Bonchev–Trinajstić information content (AvgIpc) is 2.76. The van der Waals surface area contributed by atoms with Gasteiger partial charge in [0.15, 0.2) is 5.82 Å². The monoisotopic (exact) mass is 299 g/mol. The van der Waals surface area contributed by atoms with Gasteiger partial charge in [0.2, 0.25) is 10.0 Å². The molecule has 0 saturated carbocycles. The van der Waals surface area contributed by atoms with Gasteiger partial charge in [0.25, 0.3) is 0 Å². The fraction of sp³-hybridized carbons (Fsp3) is 0.250. The molecule has 2 rings (SSSR count). The van der Waals surface area contributed by atoms with Gasteiger partial charge in [0.1, 0.15) is 0 Å². The molecule has 0 aliphatic carbocycles. The van der Waals surface area contributed by atoms with Gasteiger partial charge in [-0.2, -0.15) is 5.10 Å². The molecule has 1 heterocycles. The fourth-order valence-corrected chi connectivity index (χ4v) is 2.34. The average molecular weight is 300 g/mol. The third kappa shape index (κ3) is 3.97.